The van der Waals surface area contributed by atoms with Gasteiger partial charge in [-0.15, -0.1) is 0 Å². The Balaban J connectivity index is 1.95. The SMILES string of the molecule is CCCNCC(=O)OC1CCC1. The molecular formula is C9H17NO2. The minimum Gasteiger partial charge on any atom is -0.461 e. The molecule has 1 aliphatic rings. The van der Waals surface area contributed by atoms with Crippen LogP contribution >= 0.6 is 0 Å². The van der Waals surface area contributed by atoms with Crippen LogP contribution in [-0.2, 0) is 9.53 Å². The fourth-order valence-electron chi connectivity index (χ4n) is 1.08. The summed E-state index contributed by atoms with van der Waals surface area (Å²) < 4.78 is 5.13. The molecule has 1 aliphatic carbocycles. The van der Waals surface area contributed by atoms with Crippen LogP contribution in [0.2, 0.25) is 0 Å². The summed E-state index contributed by atoms with van der Waals surface area (Å²) in [5.74, 6) is -0.104. The first-order valence-electron chi connectivity index (χ1n) is 4.73. The Morgan fingerprint density at radius 2 is 2.33 bits per heavy atom. The van der Waals surface area contributed by atoms with Crippen LogP contribution in [0.3, 0.4) is 0 Å². The van der Waals surface area contributed by atoms with Crippen molar-refractivity contribution in [3.05, 3.63) is 0 Å². The van der Waals surface area contributed by atoms with E-state index in [0.717, 1.165) is 25.8 Å². The Kier molecular flexibility index (Phi) is 4.08. The normalized spacial score (nSPS) is 17.1. The molecule has 3 heteroatoms. The van der Waals surface area contributed by atoms with Crippen molar-refractivity contribution in [3.8, 4) is 0 Å². The van der Waals surface area contributed by atoms with E-state index in [9.17, 15) is 4.79 Å². The predicted molar refractivity (Wildman–Crippen MR) is 46.9 cm³/mol. The number of ether oxygens (including phenoxy) is 1. The second kappa shape index (κ2) is 5.14. The van der Waals surface area contributed by atoms with E-state index < -0.39 is 0 Å². The van der Waals surface area contributed by atoms with E-state index >= 15 is 0 Å². The second-order valence-corrected chi connectivity index (χ2v) is 3.22. The zero-order valence-corrected chi connectivity index (χ0v) is 7.64. The molecule has 0 aromatic carbocycles. The van der Waals surface area contributed by atoms with Gasteiger partial charge in [0.2, 0.25) is 0 Å². The molecule has 1 fully saturated rings. The van der Waals surface area contributed by atoms with E-state index in [0.29, 0.717) is 6.54 Å². The lowest BCUT2D eigenvalue weighted by Crippen LogP contribution is -2.31. The maximum Gasteiger partial charge on any atom is 0.320 e. The summed E-state index contributed by atoms with van der Waals surface area (Å²) in [6.07, 6.45) is 4.59. The van der Waals surface area contributed by atoms with Crippen molar-refractivity contribution in [2.75, 3.05) is 13.1 Å². The molecule has 0 heterocycles. The Bertz CT molecular complexity index is 143. The Morgan fingerprint density at radius 3 is 2.83 bits per heavy atom. The van der Waals surface area contributed by atoms with Crippen LogP contribution in [0.15, 0.2) is 0 Å². The van der Waals surface area contributed by atoms with E-state index in [1.54, 1.807) is 0 Å². The average molecular weight is 171 g/mol. The highest BCUT2D eigenvalue weighted by atomic mass is 16.5. The van der Waals surface area contributed by atoms with Gasteiger partial charge < -0.3 is 10.1 Å². The van der Waals surface area contributed by atoms with Crippen molar-refractivity contribution in [2.24, 2.45) is 0 Å². The molecule has 0 aromatic heterocycles. The summed E-state index contributed by atoms with van der Waals surface area (Å²) in [6.45, 7) is 3.33. The van der Waals surface area contributed by atoms with Gasteiger partial charge in [-0.05, 0) is 32.2 Å². The van der Waals surface area contributed by atoms with Crippen molar-refractivity contribution >= 4 is 5.97 Å². The van der Waals surface area contributed by atoms with E-state index in [1.807, 2.05) is 0 Å². The summed E-state index contributed by atoms with van der Waals surface area (Å²) >= 11 is 0. The molecule has 0 amide bonds. The molecule has 12 heavy (non-hydrogen) atoms. The summed E-state index contributed by atoms with van der Waals surface area (Å²) in [7, 11) is 0. The minimum absolute atomic E-state index is 0.104. The van der Waals surface area contributed by atoms with Crippen LogP contribution in [0.25, 0.3) is 0 Å². The van der Waals surface area contributed by atoms with E-state index in [1.165, 1.54) is 6.42 Å². The summed E-state index contributed by atoms with van der Waals surface area (Å²) in [5.41, 5.74) is 0. The highest BCUT2D eigenvalue weighted by Gasteiger charge is 2.20. The Labute approximate surface area is 73.5 Å². The van der Waals surface area contributed by atoms with Crippen LogP contribution in [0.5, 0.6) is 0 Å². The van der Waals surface area contributed by atoms with Gasteiger partial charge in [0.1, 0.15) is 6.10 Å². The maximum absolute atomic E-state index is 11.0. The fourth-order valence-corrected chi connectivity index (χ4v) is 1.08. The summed E-state index contributed by atoms with van der Waals surface area (Å²) in [4.78, 5) is 11.0. The van der Waals surface area contributed by atoms with Crippen LogP contribution in [-0.4, -0.2) is 25.2 Å². The smallest absolute Gasteiger partial charge is 0.320 e. The standard InChI is InChI=1S/C9H17NO2/c1-2-6-10-7-9(11)12-8-4-3-5-8/h8,10H,2-7H2,1H3. The number of hydrogen-bond donors (Lipinski definition) is 1. The topological polar surface area (TPSA) is 38.3 Å². The monoisotopic (exact) mass is 171 g/mol. The molecule has 3 nitrogen and oxygen atoms in total. The molecule has 0 atom stereocenters. The maximum atomic E-state index is 11.0. The summed E-state index contributed by atoms with van der Waals surface area (Å²) in [6, 6.07) is 0. The lowest BCUT2D eigenvalue weighted by Gasteiger charge is -2.25. The third-order valence-corrected chi connectivity index (χ3v) is 2.05. The van der Waals surface area contributed by atoms with Crippen LogP contribution in [0.4, 0.5) is 0 Å². The molecule has 70 valence electrons. The zero-order valence-electron chi connectivity index (χ0n) is 7.64. The van der Waals surface area contributed by atoms with E-state index in [2.05, 4.69) is 12.2 Å². The van der Waals surface area contributed by atoms with Crippen LogP contribution in [0.1, 0.15) is 32.6 Å². The van der Waals surface area contributed by atoms with Crippen molar-refractivity contribution in [2.45, 2.75) is 38.7 Å². The highest BCUT2D eigenvalue weighted by Crippen LogP contribution is 2.21. The van der Waals surface area contributed by atoms with Crippen molar-refractivity contribution in [1.82, 2.24) is 5.32 Å². The van der Waals surface area contributed by atoms with Crippen LogP contribution in [0, 0.1) is 0 Å². The summed E-state index contributed by atoms with van der Waals surface area (Å²) in [5, 5.41) is 3.01. The lowest BCUT2D eigenvalue weighted by atomic mass is 9.96. The zero-order chi connectivity index (χ0) is 8.81. The lowest BCUT2D eigenvalue weighted by molar-refractivity contribution is -0.151. The van der Waals surface area contributed by atoms with Gasteiger partial charge in [0.25, 0.3) is 0 Å². The first kappa shape index (κ1) is 9.52. The van der Waals surface area contributed by atoms with Gasteiger partial charge in [-0.2, -0.15) is 0 Å². The van der Waals surface area contributed by atoms with Gasteiger partial charge in [-0.1, -0.05) is 6.92 Å². The number of esters is 1. The number of carbonyl (C=O) groups excluding carboxylic acids is 1. The van der Waals surface area contributed by atoms with Gasteiger partial charge >= 0.3 is 5.97 Å². The number of hydrogen-bond acceptors (Lipinski definition) is 3. The predicted octanol–water partition coefficient (Wildman–Crippen LogP) is 1.08. The Hall–Kier alpha value is -0.570. The minimum atomic E-state index is -0.104. The molecule has 0 bridgehead atoms. The molecule has 0 spiro atoms. The second-order valence-electron chi connectivity index (χ2n) is 3.22. The third kappa shape index (κ3) is 3.22. The molecule has 1 N–H and O–H groups in total. The molecular weight excluding hydrogens is 154 g/mol. The van der Waals surface area contributed by atoms with Crippen molar-refractivity contribution in [1.29, 1.82) is 0 Å². The molecule has 1 rings (SSSR count). The quantitative estimate of drug-likeness (QED) is 0.497. The molecule has 0 saturated heterocycles. The van der Waals surface area contributed by atoms with E-state index in [-0.39, 0.29) is 12.1 Å². The van der Waals surface area contributed by atoms with Crippen molar-refractivity contribution < 1.29 is 9.53 Å². The Morgan fingerprint density at radius 1 is 1.58 bits per heavy atom. The number of nitrogens with one attached hydrogen (secondary N) is 1. The van der Waals surface area contributed by atoms with E-state index in [4.69, 9.17) is 4.74 Å². The highest BCUT2D eigenvalue weighted by molar-refractivity contribution is 5.71. The average Bonchev–Trinajstić information content (AvgIpc) is 1.98. The third-order valence-electron chi connectivity index (χ3n) is 2.05. The first-order valence-corrected chi connectivity index (χ1v) is 4.73. The largest absolute Gasteiger partial charge is 0.461 e. The molecule has 1 saturated carbocycles. The van der Waals surface area contributed by atoms with Gasteiger partial charge in [0.05, 0.1) is 6.54 Å². The number of carbonyl (C=O) groups is 1. The van der Waals surface area contributed by atoms with Crippen LogP contribution < -0.4 is 5.32 Å². The number of rotatable bonds is 5. The van der Waals surface area contributed by atoms with Gasteiger partial charge in [0, 0.05) is 0 Å². The molecule has 0 radical (unpaired) electrons. The van der Waals surface area contributed by atoms with Gasteiger partial charge in [0.15, 0.2) is 0 Å². The molecule has 0 aromatic rings. The first-order chi connectivity index (χ1) is 5.83. The van der Waals surface area contributed by atoms with Gasteiger partial charge in [-0.25, -0.2) is 0 Å². The molecule has 0 aliphatic heterocycles. The van der Waals surface area contributed by atoms with Crippen molar-refractivity contribution in [3.63, 3.8) is 0 Å². The fraction of sp³-hybridized carbons (Fsp3) is 0.889. The van der Waals surface area contributed by atoms with Gasteiger partial charge in [-0.3, -0.25) is 4.79 Å². The molecule has 0 unspecified atom stereocenters.